The van der Waals surface area contributed by atoms with E-state index in [1.54, 1.807) is 20.0 Å². The van der Waals surface area contributed by atoms with Gasteiger partial charge in [-0.15, -0.1) is 0 Å². The number of benzene rings is 1. The van der Waals surface area contributed by atoms with Gasteiger partial charge in [-0.1, -0.05) is 0 Å². The Kier molecular flexibility index (Phi) is 3.16. The first kappa shape index (κ1) is 13.5. The van der Waals surface area contributed by atoms with Crippen molar-refractivity contribution in [2.24, 2.45) is 0 Å². The van der Waals surface area contributed by atoms with Gasteiger partial charge in [-0.05, 0) is 26.0 Å². The molecule has 0 aromatic heterocycles. The van der Waals surface area contributed by atoms with Crippen LogP contribution in [0.1, 0.15) is 19.4 Å². The molecule has 0 aliphatic carbocycles. The van der Waals surface area contributed by atoms with Crippen molar-refractivity contribution in [2.45, 2.75) is 19.4 Å². The number of nitrogens with zero attached hydrogens (tertiary/aromatic N) is 2. The molecule has 0 spiro atoms. The summed E-state index contributed by atoms with van der Waals surface area (Å²) >= 11 is 0. The molecule has 102 valence electrons. The molecule has 20 heavy (non-hydrogen) atoms. The van der Waals surface area contributed by atoms with Crippen LogP contribution in [-0.2, 0) is 4.79 Å². The maximum Gasteiger partial charge on any atom is 0.270 e. The fourth-order valence-electron chi connectivity index (χ4n) is 1.98. The number of non-ortho nitro benzene ring substituents is 1. The van der Waals surface area contributed by atoms with E-state index in [1.807, 2.05) is 5.32 Å². The zero-order chi connectivity index (χ0) is 14.9. The molecule has 1 amide bonds. The van der Waals surface area contributed by atoms with E-state index >= 15 is 0 Å². The van der Waals surface area contributed by atoms with Gasteiger partial charge < -0.3 is 4.74 Å². The number of carbonyl (C=O) groups excluding carboxylic acids is 1. The van der Waals surface area contributed by atoms with Crippen molar-refractivity contribution in [3.63, 3.8) is 0 Å². The topological polar surface area (TPSA) is 105 Å². The minimum Gasteiger partial charge on any atom is -0.483 e. The number of fused-ring (bicyclic) bond motifs is 1. The van der Waals surface area contributed by atoms with Crippen molar-refractivity contribution >= 4 is 17.2 Å². The number of rotatable bonds is 2. The van der Waals surface area contributed by atoms with Crippen LogP contribution in [0.25, 0.3) is 5.57 Å². The Hall–Kier alpha value is -2.88. The quantitative estimate of drug-likeness (QED) is 0.382. The number of carbonyl (C=O) groups is 1. The minimum atomic E-state index is -0.745. The number of hydrogen-bond acceptors (Lipinski definition) is 5. The lowest BCUT2D eigenvalue weighted by molar-refractivity contribution is -0.384. The number of nitriles is 1. The molecular weight excluding hydrogens is 262 g/mol. The minimum absolute atomic E-state index is 0.150. The fourth-order valence-corrected chi connectivity index (χ4v) is 1.98. The van der Waals surface area contributed by atoms with Crippen LogP contribution in [0.5, 0.6) is 5.75 Å². The average Bonchev–Trinajstić information content (AvgIpc) is 2.36. The molecule has 1 aromatic carbocycles. The number of nitro groups is 1. The molecule has 0 radical (unpaired) electrons. The van der Waals surface area contributed by atoms with Crippen LogP contribution in [0.15, 0.2) is 24.3 Å². The molecule has 1 heterocycles. The lowest BCUT2D eigenvalue weighted by Gasteiger charge is -2.30. The molecule has 7 heteroatoms. The van der Waals surface area contributed by atoms with Crippen molar-refractivity contribution in [2.75, 3.05) is 0 Å². The molecule has 0 atom stereocenters. The van der Waals surface area contributed by atoms with Crippen LogP contribution < -0.4 is 10.1 Å². The molecular formula is C13H11N3O4. The zero-order valence-electron chi connectivity index (χ0n) is 10.8. The first-order valence-electron chi connectivity index (χ1n) is 5.74. The second-order valence-electron chi connectivity index (χ2n) is 4.77. The predicted octanol–water partition coefficient (Wildman–Crippen LogP) is 1.75. The first-order chi connectivity index (χ1) is 9.34. The SMILES string of the molecule is CC1(C)C=C(C(=O)NC#N)c2cc([N+](=O)[O-])ccc2O1. The number of ether oxygens (including phenoxy) is 1. The van der Waals surface area contributed by atoms with E-state index in [9.17, 15) is 14.9 Å². The van der Waals surface area contributed by atoms with Crippen molar-refractivity contribution in [1.82, 2.24) is 5.32 Å². The van der Waals surface area contributed by atoms with E-state index < -0.39 is 16.4 Å². The Morgan fingerprint density at radius 1 is 1.50 bits per heavy atom. The fraction of sp³-hybridized carbons (Fsp3) is 0.231. The van der Waals surface area contributed by atoms with E-state index in [-0.39, 0.29) is 11.3 Å². The highest BCUT2D eigenvalue weighted by atomic mass is 16.6. The third-order valence-electron chi connectivity index (χ3n) is 2.74. The summed E-state index contributed by atoms with van der Waals surface area (Å²) in [5, 5.41) is 21.4. The maximum atomic E-state index is 11.9. The van der Waals surface area contributed by atoms with E-state index in [0.29, 0.717) is 11.3 Å². The molecule has 1 aliphatic heterocycles. The summed E-state index contributed by atoms with van der Waals surface area (Å²) in [5.74, 6) is -0.253. The van der Waals surface area contributed by atoms with Gasteiger partial charge in [0.25, 0.3) is 11.6 Å². The second-order valence-corrected chi connectivity index (χ2v) is 4.77. The molecule has 7 nitrogen and oxygen atoms in total. The Labute approximate surface area is 114 Å². The van der Waals surface area contributed by atoms with Crippen molar-refractivity contribution < 1.29 is 14.5 Å². The molecule has 0 saturated carbocycles. The van der Waals surface area contributed by atoms with Crippen LogP contribution in [-0.4, -0.2) is 16.4 Å². The van der Waals surface area contributed by atoms with E-state index in [2.05, 4.69) is 0 Å². The summed E-state index contributed by atoms with van der Waals surface area (Å²) < 4.78 is 5.65. The van der Waals surface area contributed by atoms with Crippen molar-refractivity contribution in [1.29, 1.82) is 5.26 Å². The number of nitrogens with one attached hydrogen (secondary N) is 1. The van der Waals surface area contributed by atoms with E-state index in [4.69, 9.17) is 10.00 Å². The summed E-state index contributed by atoms with van der Waals surface area (Å²) in [4.78, 5) is 22.2. The highest BCUT2D eigenvalue weighted by molar-refractivity contribution is 6.21. The van der Waals surface area contributed by atoms with Gasteiger partial charge in [0, 0.05) is 17.7 Å². The summed E-state index contributed by atoms with van der Waals surface area (Å²) in [6, 6.07) is 4.01. The van der Waals surface area contributed by atoms with Crippen LogP contribution in [0.4, 0.5) is 5.69 Å². The van der Waals surface area contributed by atoms with Gasteiger partial charge >= 0.3 is 0 Å². The third-order valence-corrected chi connectivity index (χ3v) is 2.74. The normalized spacial score (nSPS) is 15.2. The van der Waals surface area contributed by atoms with Crippen LogP contribution >= 0.6 is 0 Å². The van der Waals surface area contributed by atoms with E-state index in [0.717, 1.165) is 0 Å². The van der Waals surface area contributed by atoms with Crippen LogP contribution in [0.2, 0.25) is 0 Å². The van der Waals surface area contributed by atoms with Gasteiger partial charge in [0.15, 0.2) is 6.19 Å². The Morgan fingerprint density at radius 2 is 2.20 bits per heavy atom. The summed E-state index contributed by atoms with van der Waals surface area (Å²) in [5.41, 5.74) is -0.416. The summed E-state index contributed by atoms with van der Waals surface area (Å²) in [6.07, 6.45) is 3.08. The molecule has 1 N–H and O–H groups in total. The number of hydrogen-bond donors (Lipinski definition) is 1. The molecule has 0 bridgehead atoms. The van der Waals surface area contributed by atoms with Gasteiger partial charge in [-0.2, -0.15) is 5.26 Å². The Bertz CT molecular complexity index is 671. The number of amides is 1. The van der Waals surface area contributed by atoms with Crippen molar-refractivity contribution in [3.05, 3.63) is 40.0 Å². The second kappa shape index (κ2) is 4.66. The smallest absolute Gasteiger partial charge is 0.270 e. The van der Waals surface area contributed by atoms with Gasteiger partial charge in [-0.3, -0.25) is 20.2 Å². The van der Waals surface area contributed by atoms with Crippen LogP contribution in [0.3, 0.4) is 0 Å². The Morgan fingerprint density at radius 3 is 2.80 bits per heavy atom. The van der Waals surface area contributed by atoms with Gasteiger partial charge in [0.05, 0.1) is 10.5 Å². The standard InChI is InChI=1S/C13H11N3O4/c1-13(2)6-10(12(17)15-7-14)9-5-8(16(18)19)3-4-11(9)20-13/h3-6H,1-2H3,(H,15,17). The van der Waals surface area contributed by atoms with Gasteiger partial charge in [0.1, 0.15) is 11.4 Å². The molecule has 2 rings (SSSR count). The van der Waals surface area contributed by atoms with Crippen molar-refractivity contribution in [3.8, 4) is 11.9 Å². The zero-order valence-corrected chi connectivity index (χ0v) is 10.8. The lowest BCUT2D eigenvalue weighted by atomic mass is 9.94. The Balaban J connectivity index is 2.58. The predicted molar refractivity (Wildman–Crippen MR) is 69.5 cm³/mol. The molecule has 0 fully saturated rings. The maximum absolute atomic E-state index is 11.9. The summed E-state index contributed by atoms with van der Waals surface area (Å²) in [7, 11) is 0. The monoisotopic (exact) mass is 273 g/mol. The van der Waals surface area contributed by atoms with Gasteiger partial charge in [0.2, 0.25) is 0 Å². The highest BCUT2D eigenvalue weighted by Gasteiger charge is 2.31. The molecule has 1 aromatic rings. The molecule has 0 saturated heterocycles. The third kappa shape index (κ3) is 2.44. The highest BCUT2D eigenvalue weighted by Crippen LogP contribution is 2.38. The lowest BCUT2D eigenvalue weighted by Crippen LogP contribution is -2.32. The number of nitro benzene ring substituents is 1. The molecule has 1 aliphatic rings. The largest absolute Gasteiger partial charge is 0.483 e. The summed E-state index contributed by atoms with van der Waals surface area (Å²) in [6.45, 7) is 3.49. The van der Waals surface area contributed by atoms with Crippen LogP contribution in [0, 0.1) is 21.6 Å². The molecule has 0 unspecified atom stereocenters. The van der Waals surface area contributed by atoms with Gasteiger partial charge in [-0.25, -0.2) is 0 Å². The average molecular weight is 273 g/mol. The first-order valence-corrected chi connectivity index (χ1v) is 5.74. The van der Waals surface area contributed by atoms with E-state index in [1.165, 1.54) is 24.3 Å².